The molecule has 1 aromatic heterocycles. The molecular weight excluding hydrogens is 216 g/mol. The Balaban J connectivity index is 1.95. The molecule has 1 saturated carbocycles. The number of carboxylic acid groups (broad SMARTS) is 1. The van der Waals surface area contributed by atoms with Gasteiger partial charge >= 0.3 is 5.97 Å². The van der Waals surface area contributed by atoms with Gasteiger partial charge in [-0.25, -0.2) is 0 Å². The lowest BCUT2D eigenvalue weighted by atomic mass is 9.90. The normalized spacial score (nSPS) is 17.2. The van der Waals surface area contributed by atoms with Crippen LogP contribution in [0.2, 0.25) is 0 Å². The number of rotatable bonds is 4. The van der Waals surface area contributed by atoms with Gasteiger partial charge in [0.15, 0.2) is 0 Å². The van der Waals surface area contributed by atoms with Gasteiger partial charge in [0.05, 0.1) is 12.7 Å². The van der Waals surface area contributed by atoms with Crippen LogP contribution in [-0.4, -0.2) is 11.1 Å². The summed E-state index contributed by atoms with van der Waals surface area (Å²) in [6, 6.07) is 7.94. The second kappa shape index (κ2) is 3.91. The van der Waals surface area contributed by atoms with E-state index >= 15 is 0 Å². The Hall–Kier alpha value is -1.77. The Kier molecular flexibility index (Phi) is 2.39. The minimum Gasteiger partial charge on any atom is -0.481 e. The second-order valence-corrected chi connectivity index (χ2v) is 4.76. The van der Waals surface area contributed by atoms with E-state index in [0.717, 1.165) is 29.4 Å². The van der Waals surface area contributed by atoms with Crippen molar-refractivity contribution in [1.82, 2.24) is 0 Å². The van der Waals surface area contributed by atoms with E-state index in [1.807, 2.05) is 24.3 Å². The highest BCUT2D eigenvalue weighted by molar-refractivity contribution is 5.78. The minimum atomic E-state index is -0.721. The number of hydrogen-bond acceptors (Lipinski definition) is 2. The van der Waals surface area contributed by atoms with Crippen molar-refractivity contribution in [3.63, 3.8) is 0 Å². The zero-order valence-corrected chi connectivity index (χ0v) is 9.43. The van der Waals surface area contributed by atoms with Crippen molar-refractivity contribution in [3.05, 3.63) is 36.1 Å². The van der Waals surface area contributed by atoms with Crippen LogP contribution in [-0.2, 0) is 4.79 Å². The number of fused-ring (bicyclic) bond motifs is 1. The molecule has 3 nitrogen and oxygen atoms in total. The molecule has 1 unspecified atom stereocenters. The number of furan rings is 1. The maximum Gasteiger partial charge on any atom is 0.303 e. The van der Waals surface area contributed by atoms with E-state index in [9.17, 15) is 4.79 Å². The maximum atomic E-state index is 10.9. The van der Waals surface area contributed by atoms with Gasteiger partial charge in [-0.2, -0.15) is 0 Å². The summed E-state index contributed by atoms with van der Waals surface area (Å²) in [5, 5.41) is 10.0. The quantitative estimate of drug-likeness (QED) is 0.875. The molecule has 0 bridgehead atoms. The third-order valence-corrected chi connectivity index (χ3v) is 3.49. The summed E-state index contributed by atoms with van der Waals surface area (Å²) in [6.07, 6.45) is 4.18. The summed E-state index contributed by atoms with van der Waals surface area (Å²) in [6.45, 7) is 0. The van der Waals surface area contributed by atoms with E-state index in [-0.39, 0.29) is 12.3 Å². The van der Waals surface area contributed by atoms with Gasteiger partial charge in [-0.1, -0.05) is 12.1 Å². The molecule has 0 aliphatic heterocycles. The molecule has 17 heavy (non-hydrogen) atoms. The van der Waals surface area contributed by atoms with Gasteiger partial charge < -0.3 is 9.52 Å². The van der Waals surface area contributed by atoms with Crippen LogP contribution in [0.1, 0.15) is 30.7 Å². The Morgan fingerprint density at radius 3 is 2.94 bits per heavy atom. The number of aliphatic carboxylic acids is 1. The number of benzene rings is 1. The topological polar surface area (TPSA) is 50.4 Å². The van der Waals surface area contributed by atoms with Crippen LogP contribution in [0.5, 0.6) is 0 Å². The first-order chi connectivity index (χ1) is 8.24. The predicted octanol–water partition coefficient (Wildman–Crippen LogP) is 3.40. The van der Waals surface area contributed by atoms with Gasteiger partial charge in [0.2, 0.25) is 0 Å². The van der Waals surface area contributed by atoms with Crippen LogP contribution >= 0.6 is 0 Å². The zero-order chi connectivity index (χ0) is 11.8. The Labute approximate surface area is 99.0 Å². The van der Waals surface area contributed by atoms with Gasteiger partial charge in [0, 0.05) is 5.39 Å². The average molecular weight is 230 g/mol. The van der Waals surface area contributed by atoms with Crippen molar-refractivity contribution in [3.8, 4) is 0 Å². The van der Waals surface area contributed by atoms with Crippen LogP contribution < -0.4 is 0 Å². The highest BCUT2D eigenvalue weighted by Gasteiger charge is 2.33. The second-order valence-electron chi connectivity index (χ2n) is 4.76. The van der Waals surface area contributed by atoms with Crippen molar-refractivity contribution in [1.29, 1.82) is 0 Å². The molecule has 1 aromatic carbocycles. The van der Waals surface area contributed by atoms with Crippen LogP contribution in [0.4, 0.5) is 0 Å². The molecule has 1 aliphatic rings. The van der Waals surface area contributed by atoms with Crippen molar-refractivity contribution in [2.75, 3.05) is 0 Å². The molecule has 1 heterocycles. The predicted molar refractivity (Wildman–Crippen MR) is 63.9 cm³/mol. The lowest BCUT2D eigenvalue weighted by Crippen LogP contribution is -2.08. The molecule has 3 rings (SSSR count). The molecule has 0 spiro atoms. The van der Waals surface area contributed by atoms with E-state index < -0.39 is 5.97 Å². The van der Waals surface area contributed by atoms with Crippen molar-refractivity contribution < 1.29 is 14.3 Å². The fourth-order valence-electron chi connectivity index (χ4n) is 2.45. The fraction of sp³-hybridized carbons (Fsp3) is 0.357. The summed E-state index contributed by atoms with van der Waals surface area (Å²) < 4.78 is 5.37. The van der Waals surface area contributed by atoms with Crippen LogP contribution in [0.15, 0.2) is 34.9 Å². The fourth-order valence-corrected chi connectivity index (χ4v) is 2.45. The summed E-state index contributed by atoms with van der Waals surface area (Å²) in [4.78, 5) is 10.9. The van der Waals surface area contributed by atoms with Crippen molar-refractivity contribution >= 4 is 16.9 Å². The van der Waals surface area contributed by atoms with Gasteiger partial charge in [0.25, 0.3) is 0 Å². The summed E-state index contributed by atoms with van der Waals surface area (Å²) >= 11 is 0. The molecule has 0 amide bonds. The molecule has 1 atom stereocenters. The summed E-state index contributed by atoms with van der Waals surface area (Å²) in [7, 11) is 0. The van der Waals surface area contributed by atoms with E-state index in [1.165, 1.54) is 0 Å². The van der Waals surface area contributed by atoms with Crippen LogP contribution in [0, 0.1) is 5.92 Å². The van der Waals surface area contributed by atoms with Crippen LogP contribution in [0.25, 0.3) is 11.0 Å². The monoisotopic (exact) mass is 230 g/mol. The highest BCUT2D eigenvalue weighted by Crippen LogP contribution is 2.44. The molecule has 1 fully saturated rings. The van der Waals surface area contributed by atoms with Gasteiger partial charge in [-0.05, 0) is 42.4 Å². The Morgan fingerprint density at radius 1 is 1.41 bits per heavy atom. The highest BCUT2D eigenvalue weighted by atomic mass is 16.4. The van der Waals surface area contributed by atoms with Crippen molar-refractivity contribution in [2.45, 2.75) is 25.2 Å². The number of carbonyl (C=O) groups is 1. The van der Waals surface area contributed by atoms with E-state index in [2.05, 4.69) is 0 Å². The van der Waals surface area contributed by atoms with Crippen LogP contribution in [0.3, 0.4) is 0 Å². The first-order valence-electron chi connectivity index (χ1n) is 5.93. The summed E-state index contributed by atoms with van der Waals surface area (Å²) in [5.74, 6) is -0.0399. The SMILES string of the molecule is O=C(O)CC(c1ccc2ccoc2c1)C1CC1. The van der Waals surface area contributed by atoms with E-state index in [4.69, 9.17) is 9.52 Å². The third kappa shape index (κ3) is 2.05. The van der Waals surface area contributed by atoms with E-state index in [1.54, 1.807) is 6.26 Å². The number of hydrogen-bond donors (Lipinski definition) is 1. The molecule has 0 saturated heterocycles. The lowest BCUT2D eigenvalue weighted by Gasteiger charge is -2.14. The van der Waals surface area contributed by atoms with Gasteiger partial charge in [0.1, 0.15) is 5.58 Å². The van der Waals surface area contributed by atoms with Gasteiger partial charge in [-0.15, -0.1) is 0 Å². The summed E-state index contributed by atoms with van der Waals surface area (Å²) in [5.41, 5.74) is 1.94. The molecular formula is C14H14O3. The number of carboxylic acids is 1. The minimum absolute atomic E-state index is 0.141. The van der Waals surface area contributed by atoms with E-state index in [0.29, 0.717) is 5.92 Å². The molecule has 3 heteroatoms. The zero-order valence-electron chi connectivity index (χ0n) is 9.43. The first-order valence-corrected chi connectivity index (χ1v) is 5.93. The standard InChI is InChI=1S/C14H14O3/c15-14(16)8-12(9-1-2-9)11-4-3-10-5-6-17-13(10)7-11/h3-7,9,12H,1-2,8H2,(H,15,16). The first kappa shape index (κ1) is 10.4. The molecule has 1 N–H and O–H groups in total. The smallest absolute Gasteiger partial charge is 0.303 e. The lowest BCUT2D eigenvalue weighted by molar-refractivity contribution is -0.137. The van der Waals surface area contributed by atoms with Crippen molar-refractivity contribution in [2.24, 2.45) is 5.92 Å². The molecule has 0 radical (unpaired) electrons. The largest absolute Gasteiger partial charge is 0.481 e. The maximum absolute atomic E-state index is 10.9. The Morgan fingerprint density at radius 2 is 2.24 bits per heavy atom. The molecule has 2 aromatic rings. The third-order valence-electron chi connectivity index (χ3n) is 3.49. The average Bonchev–Trinajstić information content (AvgIpc) is 3.03. The molecule has 88 valence electrons. The van der Waals surface area contributed by atoms with Gasteiger partial charge in [-0.3, -0.25) is 4.79 Å². The molecule has 1 aliphatic carbocycles. The Bertz CT molecular complexity index is 551.